The first-order valence-electron chi connectivity index (χ1n) is 3.96. The lowest BCUT2D eigenvalue weighted by molar-refractivity contribution is -0.126. The van der Waals surface area contributed by atoms with Gasteiger partial charge in [0.2, 0.25) is 5.41 Å². The molecule has 1 aliphatic rings. The lowest BCUT2D eigenvalue weighted by Gasteiger charge is -2.26. The van der Waals surface area contributed by atoms with Gasteiger partial charge in [-0.25, -0.2) is 0 Å². The molecule has 1 unspecified atom stereocenters. The number of nitriles is 3. The maximum absolute atomic E-state index is 11.4. The van der Waals surface area contributed by atoms with Gasteiger partial charge >= 0.3 is 0 Å². The van der Waals surface area contributed by atoms with Crippen molar-refractivity contribution in [1.29, 1.82) is 15.8 Å². The van der Waals surface area contributed by atoms with Crippen molar-refractivity contribution in [1.82, 2.24) is 0 Å². The van der Waals surface area contributed by atoms with Gasteiger partial charge in [0.15, 0.2) is 5.78 Å². The van der Waals surface area contributed by atoms with Crippen molar-refractivity contribution in [3.8, 4) is 18.2 Å². The number of Topliss-reactive ketones (excluding diaryl/α,β-unsaturated/α-hetero) is 1. The Morgan fingerprint density at radius 3 is 2.31 bits per heavy atom. The summed E-state index contributed by atoms with van der Waals surface area (Å²) in [5.74, 6) is -1.17. The van der Waals surface area contributed by atoms with Crippen molar-refractivity contribution in [3.05, 3.63) is 0 Å². The molecule has 64 valence electrons. The highest BCUT2D eigenvalue weighted by Gasteiger charge is 2.48. The van der Waals surface area contributed by atoms with E-state index in [0.717, 1.165) is 0 Å². The SMILES string of the molecule is N#CC1CCCC(=O)C1(C#N)C#N. The van der Waals surface area contributed by atoms with E-state index >= 15 is 0 Å². The highest BCUT2D eigenvalue weighted by Crippen LogP contribution is 2.37. The summed E-state index contributed by atoms with van der Waals surface area (Å²) < 4.78 is 0. The fraction of sp³-hybridized carbons (Fsp3) is 0.556. The molecule has 0 aromatic carbocycles. The molecule has 0 aromatic heterocycles. The fourth-order valence-electron chi connectivity index (χ4n) is 1.54. The van der Waals surface area contributed by atoms with Crippen LogP contribution in [0.25, 0.3) is 0 Å². The minimum Gasteiger partial charge on any atom is -0.297 e. The molecule has 0 spiro atoms. The molecule has 0 bridgehead atoms. The van der Waals surface area contributed by atoms with E-state index in [9.17, 15) is 4.79 Å². The first kappa shape index (κ1) is 9.23. The number of nitrogens with zero attached hydrogens (tertiary/aromatic N) is 3. The molecule has 1 aliphatic carbocycles. The summed E-state index contributed by atoms with van der Waals surface area (Å²) in [6.07, 6.45) is 1.30. The van der Waals surface area contributed by atoms with Crippen LogP contribution in [0.2, 0.25) is 0 Å². The Hall–Kier alpha value is -1.86. The smallest absolute Gasteiger partial charge is 0.216 e. The van der Waals surface area contributed by atoms with Gasteiger partial charge in [-0.2, -0.15) is 15.8 Å². The van der Waals surface area contributed by atoms with E-state index in [0.29, 0.717) is 12.8 Å². The number of hydrogen-bond acceptors (Lipinski definition) is 4. The van der Waals surface area contributed by atoms with Crippen molar-refractivity contribution in [2.24, 2.45) is 11.3 Å². The predicted octanol–water partition coefficient (Wildman–Crippen LogP) is 0.913. The van der Waals surface area contributed by atoms with Crippen LogP contribution in [0.15, 0.2) is 0 Å². The lowest BCUT2D eigenvalue weighted by Crippen LogP contribution is -2.38. The fourth-order valence-corrected chi connectivity index (χ4v) is 1.54. The molecule has 0 aromatic rings. The van der Waals surface area contributed by atoms with Crippen LogP contribution in [-0.2, 0) is 4.79 Å². The summed E-state index contributed by atoms with van der Waals surface area (Å²) in [7, 11) is 0. The summed E-state index contributed by atoms with van der Waals surface area (Å²) in [6.45, 7) is 0. The van der Waals surface area contributed by atoms with Gasteiger partial charge in [0.05, 0.1) is 24.1 Å². The molecular weight excluding hydrogens is 166 g/mol. The quantitative estimate of drug-likeness (QED) is 0.544. The molecule has 4 heteroatoms. The minimum absolute atomic E-state index is 0.235. The van der Waals surface area contributed by atoms with Crippen LogP contribution in [0.5, 0.6) is 0 Å². The lowest BCUT2D eigenvalue weighted by atomic mass is 9.68. The molecular formula is C9H7N3O. The van der Waals surface area contributed by atoms with E-state index in [1.54, 1.807) is 12.1 Å². The van der Waals surface area contributed by atoms with Gasteiger partial charge in [-0.3, -0.25) is 4.79 Å². The Morgan fingerprint density at radius 1 is 1.31 bits per heavy atom. The first-order valence-corrected chi connectivity index (χ1v) is 3.96. The van der Waals surface area contributed by atoms with E-state index in [4.69, 9.17) is 15.8 Å². The third-order valence-electron chi connectivity index (χ3n) is 2.37. The van der Waals surface area contributed by atoms with Crippen molar-refractivity contribution >= 4 is 5.78 Å². The average molecular weight is 173 g/mol. The van der Waals surface area contributed by atoms with Crippen LogP contribution in [0.3, 0.4) is 0 Å². The summed E-state index contributed by atoms with van der Waals surface area (Å²) in [6, 6.07) is 5.23. The molecule has 0 heterocycles. The zero-order valence-electron chi connectivity index (χ0n) is 6.95. The zero-order chi connectivity index (χ0) is 9.90. The Kier molecular flexibility index (Phi) is 2.31. The van der Waals surface area contributed by atoms with Crippen molar-refractivity contribution < 1.29 is 4.79 Å². The third kappa shape index (κ3) is 1.15. The third-order valence-corrected chi connectivity index (χ3v) is 2.37. The maximum atomic E-state index is 11.4. The normalized spacial score (nSPS) is 25.3. The number of hydrogen-bond donors (Lipinski definition) is 0. The van der Waals surface area contributed by atoms with Crippen LogP contribution in [-0.4, -0.2) is 5.78 Å². The standard InChI is InChI=1S/C9H7N3O/c10-4-7-2-1-3-8(13)9(7,5-11)6-12/h7H,1-3H2. The van der Waals surface area contributed by atoms with E-state index in [-0.39, 0.29) is 6.42 Å². The second-order valence-corrected chi connectivity index (χ2v) is 3.03. The predicted molar refractivity (Wildman–Crippen MR) is 41.6 cm³/mol. The molecule has 0 N–H and O–H groups in total. The van der Waals surface area contributed by atoms with Gasteiger partial charge < -0.3 is 0 Å². The second-order valence-electron chi connectivity index (χ2n) is 3.03. The highest BCUT2D eigenvalue weighted by atomic mass is 16.1. The van der Waals surface area contributed by atoms with E-state index < -0.39 is 17.1 Å². The molecule has 1 atom stereocenters. The number of carbonyl (C=O) groups excluding carboxylic acids is 1. The summed E-state index contributed by atoms with van der Waals surface area (Å²) >= 11 is 0. The van der Waals surface area contributed by atoms with E-state index in [2.05, 4.69) is 0 Å². The molecule has 4 nitrogen and oxygen atoms in total. The Labute approximate surface area is 76.0 Å². The van der Waals surface area contributed by atoms with Crippen LogP contribution < -0.4 is 0 Å². The van der Waals surface area contributed by atoms with Gasteiger partial charge in [-0.1, -0.05) is 0 Å². The first-order chi connectivity index (χ1) is 6.21. The van der Waals surface area contributed by atoms with Gasteiger partial charge in [0, 0.05) is 6.42 Å². The summed E-state index contributed by atoms with van der Waals surface area (Å²) in [4.78, 5) is 11.4. The summed E-state index contributed by atoms with van der Waals surface area (Å²) in [5, 5.41) is 26.2. The Balaban J connectivity index is 3.15. The van der Waals surface area contributed by atoms with E-state index in [1.807, 2.05) is 6.07 Å². The Bertz CT molecular complexity index is 339. The zero-order valence-corrected chi connectivity index (χ0v) is 6.95. The Morgan fingerprint density at radius 2 is 1.92 bits per heavy atom. The summed E-state index contributed by atoms with van der Waals surface area (Å²) in [5.41, 5.74) is -1.70. The van der Waals surface area contributed by atoms with Crippen LogP contribution >= 0.6 is 0 Å². The average Bonchev–Trinajstić information content (AvgIpc) is 2.18. The van der Waals surface area contributed by atoms with Crippen LogP contribution in [0.1, 0.15) is 19.3 Å². The molecule has 1 rings (SSSR count). The molecule has 0 saturated heterocycles. The molecule has 1 saturated carbocycles. The number of carbonyl (C=O) groups is 1. The van der Waals surface area contributed by atoms with Crippen LogP contribution in [0.4, 0.5) is 0 Å². The number of ketones is 1. The molecule has 1 fully saturated rings. The highest BCUT2D eigenvalue weighted by molar-refractivity contribution is 5.91. The minimum atomic E-state index is -1.70. The topological polar surface area (TPSA) is 88.4 Å². The van der Waals surface area contributed by atoms with E-state index in [1.165, 1.54) is 0 Å². The molecule has 0 aliphatic heterocycles. The van der Waals surface area contributed by atoms with Crippen molar-refractivity contribution in [2.75, 3.05) is 0 Å². The number of rotatable bonds is 0. The van der Waals surface area contributed by atoms with Crippen LogP contribution in [0, 0.1) is 45.3 Å². The van der Waals surface area contributed by atoms with Gasteiger partial charge in [0.25, 0.3) is 0 Å². The molecule has 0 amide bonds. The molecule has 13 heavy (non-hydrogen) atoms. The van der Waals surface area contributed by atoms with Crippen molar-refractivity contribution in [2.45, 2.75) is 19.3 Å². The van der Waals surface area contributed by atoms with Gasteiger partial charge in [-0.15, -0.1) is 0 Å². The van der Waals surface area contributed by atoms with Gasteiger partial charge in [-0.05, 0) is 12.8 Å². The van der Waals surface area contributed by atoms with Crippen molar-refractivity contribution in [3.63, 3.8) is 0 Å². The van der Waals surface area contributed by atoms with Gasteiger partial charge in [0.1, 0.15) is 0 Å². The maximum Gasteiger partial charge on any atom is 0.216 e. The molecule has 0 radical (unpaired) electrons. The largest absolute Gasteiger partial charge is 0.297 e. The second kappa shape index (κ2) is 3.25. The monoisotopic (exact) mass is 173 g/mol.